The van der Waals surface area contributed by atoms with Crippen LogP contribution in [0.4, 0.5) is 0 Å². The smallest absolute Gasteiger partial charge is 0.0957 e. The van der Waals surface area contributed by atoms with Gasteiger partial charge in [0.05, 0.1) is 5.84 Å². The molecule has 0 radical (unpaired) electrons. The molecular formula is C13H24N2. The number of rotatable bonds is 2. The third-order valence-electron chi connectivity index (χ3n) is 4.22. The Kier molecular flexibility index (Phi) is 3.66. The highest BCUT2D eigenvalue weighted by Crippen LogP contribution is 2.30. The summed E-state index contributed by atoms with van der Waals surface area (Å²) in [6, 6.07) is 0. The van der Waals surface area contributed by atoms with Crippen molar-refractivity contribution in [3.8, 4) is 0 Å². The van der Waals surface area contributed by atoms with Gasteiger partial charge in [-0.2, -0.15) is 0 Å². The number of hydrogen-bond donors (Lipinski definition) is 1. The normalized spacial score (nSPS) is 33.1. The third kappa shape index (κ3) is 2.73. The molecule has 2 rings (SSSR count). The molecule has 0 spiro atoms. The Bertz CT molecular complexity index is 225. The highest BCUT2D eigenvalue weighted by atomic mass is 15.2. The Morgan fingerprint density at radius 3 is 2.73 bits per heavy atom. The van der Waals surface area contributed by atoms with E-state index in [1.807, 2.05) is 0 Å². The van der Waals surface area contributed by atoms with Crippen molar-refractivity contribution in [2.45, 2.75) is 51.9 Å². The fourth-order valence-corrected chi connectivity index (χ4v) is 3.04. The zero-order chi connectivity index (χ0) is 10.7. The van der Waals surface area contributed by atoms with Crippen molar-refractivity contribution in [3.05, 3.63) is 0 Å². The minimum absolute atomic E-state index is 0.859. The van der Waals surface area contributed by atoms with Gasteiger partial charge in [-0.05, 0) is 31.1 Å². The van der Waals surface area contributed by atoms with E-state index in [0.717, 1.165) is 30.6 Å². The van der Waals surface area contributed by atoms with Crippen molar-refractivity contribution >= 4 is 5.84 Å². The van der Waals surface area contributed by atoms with Crippen molar-refractivity contribution in [3.63, 3.8) is 0 Å². The van der Waals surface area contributed by atoms with Crippen LogP contribution >= 0.6 is 0 Å². The van der Waals surface area contributed by atoms with Crippen LogP contribution in [-0.4, -0.2) is 23.8 Å². The van der Waals surface area contributed by atoms with Crippen LogP contribution in [0.5, 0.6) is 0 Å². The van der Waals surface area contributed by atoms with E-state index in [4.69, 9.17) is 5.41 Å². The van der Waals surface area contributed by atoms with E-state index in [0.29, 0.717) is 0 Å². The second kappa shape index (κ2) is 5.00. The van der Waals surface area contributed by atoms with Gasteiger partial charge in [-0.3, -0.25) is 5.41 Å². The number of hydrogen-bond acceptors (Lipinski definition) is 1. The Morgan fingerprint density at radius 1 is 1.20 bits per heavy atom. The van der Waals surface area contributed by atoms with Crippen LogP contribution in [0, 0.1) is 17.2 Å². The molecule has 1 saturated heterocycles. The molecule has 0 amide bonds. The van der Waals surface area contributed by atoms with Crippen LogP contribution < -0.4 is 0 Å². The van der Waals surface area contributed by atoms with Gasteiger partial charge in [-0.1, -0.05) is 26.2 Å². The maximum absolute atomic E-state index is 7.96. The predicted molar refractivity (Wildman–Crippen MR) is 64.3 cm³/mol. The molecule has 2 heteroatoms. The number of nitrogens with one attached hydrogen (secondary N) is 1. The molecule has 15 heavy (non-hydrogen) atoms. The lowest BCUT2D eigenvalue weighted by molar-refractivity contribution is 0.197. The summed E-state index contributed by atoms with van der Waals surface area (Å²) >= 11 is 0. The summed E-state index contributed by atoms with van der Waals surface area (Å²) in [5.41, 5.74) is 0. The zero-order valence-corrected chi connectivity index (χ0v) is 9.97. The van der Waals surface area contributed by atoms with Gasteiger partial charge in [0.1, 0.15) is 0 Å². The van der Waals surface area contributed by atoms with E-state index < -0.39 is 0 Å². The van der Waals surface area contributed by atoms with Gasteiger partial charge in [-0.15, -0.1) is 0 Å². The Hall–Kier alpha value is -0.530. The lowest BCUT2D eigenvalue weighted by atomic mass is 9.80. The quantitative estimate of drug-likeness (QED) is 0.741. The minimum Gasteiger partial charge on any atom is -0.360 e. The number of likely N-dealkylation sites (tertiary alicyclic amines) is 1. The van der Waals surface area contributed by atoms with Gasteiger partial charge < -0.3 is 4.90 Å². The van der Waals surface area contributed by atoms with Crippen LogP contribution in [0.3, 0.4) is 0 Å². The molecule has 0 bridgehead atoms. The maximum Gasteiger partial charge on any atom is 0.0957 e. The zero-order valence-electron chi connectivity index (χ0n) is 9.97. The average Bonchev–Trinajstić information content (AvgIpc) is 2.24. The molecule has 1 saturated carbocycles. The highest BCUT2D eigenvalue weighted by Gasteiger charge is 2.25. The lowest BCUT2D eigenvalue weighted by Crippen LogP contribution is -2.40. The molecule has 2 aliphatic rings. The van der Waals surface area contributed by atoms with E-state index in [9.17, 15) is 0 Å². The minimum atomic E-state index is 0.859. The van der Waals surface area contributed by atoms with Crippen molar-refractivity contribution in [2.24, 2.45) is 11.8 Å². The van der Waals surface area contributed by atoms with Crippen molar-refractivity contribution in [1.29, 1.82) is 5.41 Å². The molecule has 1 heterocycles. The number of piperidine rings is 1. The van der Waals surface area contributed by atoms with Crippen LogP contribution in [0.1, 0.15) is 51.9 Å². The molecule has 2 unspecified atom stereocenters. The summed E-state index contributed by atoms with van der Waals surface area (Å²) in [5.74, 6) is 2.64. The number of nitrogens with zero attached hydrogens (tertiary/aromatic N) is 1. The Labute approximate surface area is 93.6 Å². The summed E-state index contributed by atoms with van der Waals surface area (Å²) in [6.07, 6.45) is 9.18. The van der Waals surface area contributed by atoms with Crippen LogP contribution in [0.2, 0.25) is 0 Å². The van der Waals surface area contributed by atoms with Crippen molar-refractivity contribution in [1.82, 2.24) is 4.90 Å². The number of amidine groups is 1. The average molecular weight is 208 g/mol. The van der Waals surface area contributed by atoms with Gasteiger partial charge in [-0.25, -0.2) is 0 Å². The van der Waals surface area contributed by atoms with Crippen molar-refractivity contribution < 1.29 is 0 Å². The molecular weight excluding hydrogens is 184 g/mol. The van der Waals surface area contributed by atoms with Gasteiger partial charge in [0.25, 0.3) is 0 Å². The van der Waals surface area contributed by atoms with E-state index >= 15 is 0 Å². The topological polar surface area (TPSA) is 27.1 Å². The molecule has 2 fully saturated rings. The van der Waals surface area contributed by atoms with Gasteiger partial charge in [0, 0.05) is 19.5 Å². The summed E-state index contributed by atoms with van der Waals surface area (Å²) in [6.45, 7) is 4.71. The summed E-state index contributed by atoms with van der Waals surface area (Å²) in [7, 11) is 0. The van der Waals surface area contributed by atoms with E-state index in [2.05, 4.69) is 11.8 Å². The standard InChI is InChI=1S/C13H24N2/c1-11-6-2-3-7-12(11)10-15-9-5-4-8-13(15)14/h11-12,14H,2-10H2,1H3. The maximum atomic E-state index is 7.96. The summed E-state index contributed by atoms with van der Waals surface area (Å²) < 4.78 is 0. The SMILES string of the molecule is CC1CCCCC1CN1CCCCC1=N. The first-order valence-electron chi connectivity index (χ1n) is 6.60. The Morgan fingerprint density at radius 2 is 2.00 bits per heavy atom. The van der Waals surface area contributed by atoms with E-state index in [1.54, 1.807) is 0 Å². The fourth-order valence-electron chi connectivity index (χ4n) is 3.04. The van der Waals surface area contributed by atoms with Gasteiger partial charge >= 0.3 is 0 Å². The molecule has 1 aliphatic heterocycles. The molecule has 86 valence electrons. The summed E-state index contributed by atoms with van der Waals surface area (Å²) in [5, 5.41) is 7.96. The van der Waals surface area contributed by atoms with E-state index in [-0.39, 0.29) is 0 Å². The first kappa shape index (κ1) is 11.0. The molecule has 0 aromatic carbocycles. The Balaban J connectivity index is 1.86. The first-order valence-corrected chi connectivity index (χ1v) is 6.60. The second-order valence-corrected chi connectivity index (χ2v) is 5.37. The van der Waals surface area contributed by atoms with Crippen LogP contribution in [-0.2, 0) is 0 Å². The largest absolute Gasteiger partial charge is 0.360 e. The molecule has 0 aromatic rings. The monoisotopic (exact) mass is 208 g/mol. The lowest BCUT2D eigenvalue weighted by Gasteiger charge is -2.37. The van der Waals surface area contributed by atoms with Crippen LogP contribution in [0.15, 0.2) is 0 Å². The molecule has 0 aromatic heterocycles. The first-order chi connectivity index (χ1) is 7.27. The van der Waals surface area contributed by atoms with Crippen molar-refractivity contribution in [2.75, 3.05) is 13.1 Å². The van der Waals surface area contributed by atoms with E-state index in [1.165, 1.54) is 45.1 Å². The van der Waals surface area contributed by atoms with Gasteiger partial charge in [0.2, 0.25) is 0 Å². The van der Waals surface area contributed by atoms with Gasteiger partial charge in [0.15, 0.2) is 0 Å². The molecule has 2 nitrogen and oxygen atoms in total. The predicted octanol–water partition coefficient (Wildman–Crippen LogP) is 3.28. The molecule has 1 aliphatic carbocycles. The fraction of sp³-hybridized carbons (Fsp3) is 0.923. The van der Waals surface area contributed by atoms with Crippen LogP contribution in [0.25, 0.3) is 0 Å². The molecule has 1 N–H and O–H groups in total. The molecule has 2 atom stereocenters. The highest BCUT2D eigenvalue weighted by molar-refractivity contribution is 5.79. The third-order valence-corrected chi connectivity index (χ3v) is 4.22. The summed E-state index contributed by atoms with van der Waals surface area (Å²) in [4.78, 5) is 2.34. The second-order valence-electron chi connectivity index (χ2n) is 5.37.